The lowest BCUT2D eigenvalue weighted by molar-refractivity contribution is -0.125. The first-order valence-electron chi connectivity index (χ1n) is 10.3. The highest BCUT2D eigenvalue weighted by atomic mass is 16.7. The SMILES string of the molecule is COc1ccc(CNC(=O)[C@@H]2CCC[C@H]2C2=NOC(C)(c3ccccc3)C2)cc1. The Labute approximate surface area is 172 Å². The number of amides is 1. The predicted molar refractivity (Wildman–Crippen MR) is 113 cm³/mol. The molecule has 2 aromatic rings. The van der Waals surface area contributed by atoms with Crippen LogP contribution in [0.25, 0.3) is 0 Å². The minimum absolute atomic E-state index is 0.0336. The standard InChI is InChI=1S/C24H28N2O3/c1-24(18-7-4-3-5-8-18)15-22(26-29-24)20-9-6-10-21(20)23(27)25-16-17-11-13-19(28-2)14-12-17/h3-5,7-8,11-14,20-21H,6,9-10,15-16H2,1-2H3,(H,25,27)/t20-,21-,24?/m1/s1. The molecule has 1 saturated carbocycles. The lowest BCUT2D eigenvalue weighted by atomic mass is 9.83. The summed E-state index contributed by atoms with van der Waals surface area (Å²) in [6.45, 7) is 2.60. The highest BCUT2D eigenvalue weighted by Gasteiger charge is 2.43. The Kier molecular flexibility index (Phi) is 5.56. The van der Waals surface area contributed by atoms with Crippen LogP contribution in [0.2, 0.25) is 0 Å². The quantitative estimate of drug-likeness (QED) is 0.792. The zero-order valence-electron chi connectivity index (χ0n) is 17.1. The van der Waals surface area contributed by atoms with Gasteiger partial charge >= 0.3 is 0 Å². The molecule has 0 saturated heterocycles. The Morgan fingerprint density at radius 3 is 2.66 bits per heavy atom. The molecular formula is C24H28N2O3. The van der Waals surface area contributed by atoms with E-state index in [1.807, 2.05) is 42.5 Å². The highest BCUT2D eigenvalue weighted by molar-refractivity contribution is 5.93. The fourth-order valence-electron chi connectivity index (χ4n) is 4.45. The van der Waals surface area contributed by atoms with Crippen molar-refractivity contribution in [3.8, 4) is 5.75 Å². The number of nitrogens with one attached hydrogen (secondary N) is 1. The third-order valence-electron chi connectivity index (χ3n) is 6.17. The Hall–Kier alpha value is -2.82. The molecule has 5 heteroatoms. The maximum atomic E-state index is 12.9. The first-order valence-corrected chi connectivity index (χ1v) is 10.3. The van der Waals surface area contributed by atoms with Crippen molar-refractivity contribution in [1.29, 1.82) is 0 Å². The Morgan fingerprint density at radius 1 is 1.17 bits per heavy atom. The van der Waals surface area contributed by atoms with Gasteiger partial charge in [-0.15, -0.1) is 0 Å². The van der Waals surface area contributed by atoms with Crippen molar-refractivity contribution in [1.82, 2.24) is 5.32 Å². The summed E-state index contributed by atoms with van der Waals surface area (Å²) >= 11 is 0. The van der Waals surface area contributed by atoms with Crippen molar-refractivity contribution in [2.45, 2.75) is 44.8 Å². The van der Waals surface area contributed by atoms with Gasteiger partial charge in [0.25, 0.3) is 0 Å². The molecule has 2 aromatic carbocycles. The van der Waals surface area contributed by atoms with Crippen LogP contribution in [0.3, 0.4) is 0 Å². The summed E-state index contributed by atoms with van der Waals surface area (Å²) in [5.74, 6) is 1.06. The Bertz CT molecular complexity index is 879. The summed E-state index contributed by atoms with van der Waals surface area (Å²) in [5, 5.41) is 7.55. The third kappa shape index (κ3) is 4.14. The van der Waals surface area contributed by atoms with Crippen LogP contribution < -0.4 is 10.1 Å². The number of rotatable bonds is 6. The van der Waals surface area contributed by atoms with E-state index in [1.54, 1.807) is 7.11 Å². The molecule has 1 N–H and O–H groups in total. The average molecular weight is 392 g/mol. The van der Waals surface area contributed by atoms with Crippen LogP contribution in [-0.2, 0) is 21.8 Å². The van der Waals surface area contributed by atoms with Gasteiger partial charge < -0.3 is 14.9 Å². The first kappa shape index (κ1) is 19.5. The molecule has 1 aliphatic carbocycles. The lowest BCUT2D eigenvalue weighted by Gasteiger charge is -2.23. The lowest BCUT2D eigenvalue weighted by Crippen LogP contribution is -2.35. The van der Waals surface area contributed by atoms with Crippen LogP contribution in [0.5, 0.6) is 5.75 Å². The largest absolute Gasteiger partial charge is 0.497 e. The molecule has 0 spiro atoms. The number of carbonyl (C=O) groups excluding carboxylic acids is 1. The number of ether oxygens (including phenoxy) is 1. The van der Waals surface area contributed by atoms with Gasteiger partial charge in [0.05, 0.1) is 12.8 Å². The number of hydrogen-bond acceptors (Lipinski definition) is 4. The molecule has 1 amide bonds. The third-order valence-corrected chi connectivity index (χ3v) is 6.17. The maximum Gasteiger partial charge on any atom is 0.224 e. The van der Waals surface area contributed by atoms with Crippen molar-refractivity contribution < 1.29 is 14.4 Å². The molecule has 5 nitrogen and oxygen atoms in total. The van der Waals surface area contributed by atoms with Crippen molar-refractivity contribution in [2.75, 3.05) is 7.11 Å². The second-order valence-corrected chi connectivity index (χ2v) is 8.16. The van der Waals surface area contributed by atoms with Crippen molar-refractivity contribution in [3.63, 3.8) is 0 Å². The molecule has 2 aliphatic rings. The van der Waals surface area contributed by atoms with Crippen molar-refractivity contribution >= 4 is 11.6 Å². The van der Waals surface area contributed by atoms with E-state index in [9.17, 15) is 4.79 Å². The number of oxime groups is 1. The summed E-state index contributed by atoms with van der Waals surface area (Å²) in [4.78, 5) is 18.8. The maximum absolute atomic E-state index is 12.9. The van der Waals surface area contributed by atoms with Gasteiger partial charge in [0, 0.05) is 24.8 Å². The second-order valence-electron chi connectivity index (χ2n) is 8.16. The van der Waals surface area contributed by atoms with Gasteiger partial charge in [0.2, 0.25) is 5.91 Å². The van der Waals surface area contributed by atoms with E-state index in [4.69, 9.17) is 9.57 Å². The van der Waals surface area contributed by atoms with E-state index in [-0.39, 0.29) is 17.7 Å². The van der Waals surface area contributed by atoms with Crippen LogP contribution >= 0.6 is 0 Å². The molecule has 29 heavy (non-hydrogen) atoms. The van der Waals surface area contributed by atoms with E-state index in [0.717, 1.165) is 48.3 Å². The van der Waals surface area contributed by atoms with Crippen LogP contribution in [0.1, 0.15) is 43.7 Å². The number of methoxy groups -OCH3 is 1. The normalized spacial score (nSPS) is 25.9. The summed E-state index contributed by atoms with van der Waals surface area (Å²) in [5.41, 5.74) is 2.77. The van der Waals surface area contributed by atoms with E-state index < -0.39 is 5.60 Å². The van der Waals surface area contributed by atoms with Gasteiger partial charge in [0.1, 0.15) is 5.75 Å². The van der Waals surface area contributed by atoms with Crippen molar-refractivity contribution in [2.24, 2.45) is 17.0 Å². The van der Waals surface area contributed by atoms with Crippen LogP contribution in [0, 0.1) is 11.8 Å². The molecule has 152 valence electrons. The predicted octanol–water partition coefficient (Wildman–Crippen LogP) is 4.42. The van der Waals surface area contributed by atoms with Gasteiger partial charge in [-0.3, -0.25) is 4.79 Å². The molecule has 3 atom stereocenters. The van der Waals surface area contributed by atoms with E-state index in [1.165, 1.54) is 0 Å². The van der Waals surface area contributed by atoms with Crippen LogP contribution in [-0.4, -0.2) is 18.7 Å². The Balaban J connectivity index is 1.38. The number of carbonyl (C=O) groups is 1. The molecule has 1 aliphatic heterocycles. The summed E-state index contributed by atoms with van der Waals surface area (Å²) < 4.78 is 5.18. The number of nitrogens with zero attached hydrogens (tertiary/aromatic N) is 1. The van der Waals surface area contributed by atoms with E-state index in [0.29, 0.717) is 6.54 Å². The average Bonchev–Trinajstić information content (AvgIpc) is 3.40. The molecule has 0 bridgehead atoms. The Morgan fingerprint density at radius 2 is 1.93 bits per heavy atom. The fraction of sp³-hybridized carbons (Fsp3) is 0.417. The van der Waals surface area contributed by atoms with Crippen LogP contribution in [0.4, 0.5) is 0 Å². The van der Waals surface area contributed by atoms with E-state index in [2.05, 4.69) is 29.5 Å². The first-order chi connectivity index (χ1) is 14.1. The topological polar surface area (TPSA) is 59.9 Å². The molecule has 1 fully saturated rings. The van der Waals surface area contributed by atoms with Gasteiger partial charge in [-0.25, -0.2) is 0 Å². The van der Waals surface area contributed by atoms with E-state index >= 15 is 0 Å². The molecular weight excluding hydrogens is 364 g/mol. The minimum atomic E-state index is -0.441. The molecule has 0 aromatic heterocycles. The zero-order valence-corrected chi connectivity index (χ0v) is 17.1. The fourth-order valence-corrected chi connectivity index (χ4v) is 4.45. The number of benzene rings is 2. The zero-order chi connectivity index (χ0) is 20.3. The smallest absolute Gasteiger partial charge is 0.224 e. The van der Waals surface area contributed by atoms with Gasteiger partial charge in [-0.05, 0) is 43.0 Å². The molecule has 4 rings (SSSR count). The van der Waals surface area contributed by atoms with Gasteiger partial charge in [0.15, 0.2) is 5.60 Å². The molecule has 1 unspecified atom stereocenters. The van der Waals surface area contributed by atoms with Crippen molar-refractivity contribution in [3.05, 3.63) is 65.7 Å². The molecule has 1 heterocycles. The minimum Gasteiger partial charge on any atom is -0.497 e. The second kappa shape index (κ2) is 8.27. The summed E-state index contributed by atoms with van der Waals surface area (Å²) in [6, 6.07) is 18.0. The van der Waals surface area contributed by atoms with Crippen LogP contribution in [0.15, 0.2) is 59.8 Å². The summed E-state index contributed by atoms with van der Waals surface area (Å²) in [6.07, 6.45) is 3.68. The monoisotopic (exact) mass is 392 g/mol. The highest BCUT2D eigenvalue weighted by Crippen LogP contribution is 2.41. The molecule has 0 radical (unpaired) electrons. The van der Waals surface area contributed by atoms with Gasteiger partial charge in [-0.2, -0.15) is 0 Å². The summed E-state index contributed by atoms with van der Waals surface area (Å²) in [7, 11) is 1.65. The van der Waals surface area contributed by atoms with Gasteiger partial charge in [-0.1, -0.05) is 54.0 Å². The number of hydrogen-bond donors (Lipinski definition) is 1.